The summed E-state index contributed by atoms with van der Waals surface area (Å²) in [5.74, 6) is 0. The molecule has 4 heteroatoms. The number of hydrogen-bond donors (Lipinski definition) is 1. The van der Waals surface area contributed by atoms with Crippen molar-refractivity contribution in [3.05, 3.63) is 52.5 Å². The molecular weight excluding hydrogens is 290 g/mol. The predicted octanol–water partition coefficient (Wildman–Crippen LogP) is 3.19. The van der Waals surface area contributed by atoms with Gasteiger partial charge in [0.25, 0.3) is 0 Å². The monoisotopic (exact) mass is 307 g/mol. The summed E-state index contributed by atoms with van der Waals surface area (Å²) in [6.07, 6.45) is 5.15. The quantitative estimate of drug-likeness (QED) is 0.831. The van der Waals surface area contributed by atoms with Crippen LogP contribution in [-0.2, 0) is 13.1 Å². The lowest BCUT2D eigenvalue weighted by Crippen LogP contribution is -2.13. The highest BCUT2D eigenvalue weighted by Gasteiger charge is 2.00. The summed E-state index contributed by atoms with van der Waals surface area (Å²) in [5.41, 5.74) is 2.37. The molecule has 0 bridgehead atoms. The maximum atomic E-state index is 4.40. The van der Waals surface area contributed by atoms with Crippen LogP contribution in [-0.4, -0.2) is 16.1 Å². The fourth-order valence-corrected chi connectivity index (χ4v) is 2.27. The van der Waals surface area contributed by atoms with Gasteiger partial charge in [-0.05, 0) is 30.7 Å². The zero-order valence-corrected chi connectivity index (χ0v) is 12.2. The van der Waals surface area contributed by atoms with Crippen molar-refractivity contribution in [2.45, 2.75) is 26.4 Å². The van der Waals surface area contributed by atoms with Gasteiger partial charge in [-0.2, -0.15) is 0 Å². The zero-order chi connectivity index (χ0) is 12.8. The lowest BCUT2D eigenvalue weighted by Gasteiger charge is -2.03. The Labute approximate surface area is 116 Å². The number of rotatable bonds is 6. The second-order valence-corrected chi connectivity index (χ2v) is 5.26. The van der Waals surface area contributed by atoms with Crippen LogP contribution >= 0.6 is 15.9 Å². The molecule has 1 aromatic carbocycles. The molecular formula is C14H18BrN3. The SMILES string of the molecule is CCCNCc1cn(Cc2cccc(Br)c2)cn1. The Morgan fingerprint density at radius 1 is 1.39 bits per heavy atom. The molecule has 0 saturated carbocycles. The first-order chi connectivity index (χ1) is 8.78. The van der Waals surface area contributed by atoms with E-state index in [2.05, 4.69) is 62.1 Å². The second kappa shape index (κ2) is 6.71. The summed E-state index contributed by atoms with van der Waals surface area (Å²) >= 11 is 3.49. The van der Waals surface area contributed by atoms with Crippen LogP contribution < -0.4 is 5.32 Å². The fourth-order valence-electron chi connectivity index (χ4n) is 1.82. The summed E-state index contributed by atoms with van der Waals surface area (Å²) in [6.45, 7) is 4.91. The minimum Gasteiger partial charge on any atom is -0.333 e. The van der Waals surface area contributed by atoms with Gasteiger partial charge in [0.05, 0.1) is 12.0 Å². The maximum absolute atomic E-state index is 4.40. The van der Waals surface area contributed by atoms with Crippen LogP contribution in [0.3, 0.4) is 0 Å². The number of nitrogens with zero attached hydrogens (tertiary/aromatic N) is 2. The number of hydrogen-bond acceptors (Lipinski definition) is 2. The Kier molecular flexibility index (Phi) is 4.96. The highest BCUT2D eigenvalue weighted by Crippen LogP contribution is 2.12. The molecule has 0 radical (unpaired) electrons. The minimum absolute atomic E-state index is 0.847. The first kappa shape index (κ1) is 13.3. The van der Waals surface area contributed by atoms with Gasteiger partial charge in [-0.3, -0.25) is 0 Å². The van der Waals surface area contributed by atoms with Gasteiger partial charge >= 0.3 is 0 Å². The average Bonchev–Trinajstić information content (AvgIpc) is 2.77. The summed E-state index contributed by atoms with van der Waals surface area (Å²) in [6, 6.07) is 8.35. The van der Waals surface area contributed by atoms with E-state index >= 15 is 0 Å². The number of aromatic nitrogens is 2. The average molecular weight is 308 g/mol. The molecule has 1 heterocycles. The van der Waals surface area contributed by atoms with E-state index in [0.717, 1.165) is 36.2 Å². The molecule has 0 fully saturated rings. The maximum Gasteiger partial charge on any atom is 0.0953 e. The number of halogens is 1. The van der Waals surface area contributed by atoms with Gasteiger partial charge in [-0.15, -0.1) is 0 Å². The van der Waals surface area contributed by atoms with E-state index in [1.807, 2.05) is 12.4 Å². The molecule has 18 heavy (non-hydrogen) atoms. The van der Waals surface area contributed by atoms with E-state index in [1.54, 1.807) is 0 Å². The molecule has 96 valence electrons. The van der Waals surface area contributed by atoms with Gasteiger partial charge in [0.1, 0.15) is 0 Å². The highest BCUT2D eigenvalue weighted by molar-refractivity contribution is 9.10. The Morgan fingerprint density at radius 2 is 2.28 bits per heavy atom. The largest absolute Gasteiger partial charge is 0.333 e. The zero-order valence-electron chi connectivity index (χ0n) is 10.6. The molecule has 0 spiro atoms. The first-order valence-electron chi connectivity index (χ1n) is 6.23. The molecule has 0 atom stereocenters. The van der Waals surface area contributed by atoms with Crippen LogP contribution in [0.4, 0.5) is 0 Å². The van der Waals surface area contributed by atoms with E-state index in [9.17, 15) is 0 Å². The highest BCUT2D eigenvalue weighted by atomic mass is 79.9. The Hall–Kier alpha value is -1.13. The van der Waals surface area contributed by atoms with Crippen molar-refractivity contribution in [1.82, 2.24) is 14.9 Å². The minimum atomic E-state index is 0.847. The van der Waals surface area contributed by atoms with Crippen LogP contribution in [0.1, 0.15) is 24.6 Å². The number of nitrogens with one attached hydrogen (secondary N) is 1. The topological polar surface area (TPSA) is 29.9 Å². The van der Waals surface area contributed by atoms with Crippen LogP contribution in [0.15, 0.2) is 41.3 Å². The third-order valence-corrected chi connectivity index (χ3v) is 3.17. The standard InChI is InChI=1S/C14H18BrN3/c1-2-6-16-8-14-10-18(11-17-14)9-12-4-3-5-13(15)7-12/h3-5,7,10-11,16H,2,6,8-9H2,1H3. The Morgan fingerprint density at radius 3 is 3.06 bits per heavy atom. The molecule has 0 aliphatic heterocycles. The van der Waals surface area contributed by atoms with Gasteiger partial charge < -0.3 is 9.88 Å². The number of benzene rings is 1. The van der Waals surface area contributed by atoms with E-state index in [4.69, 9.17) is 0 Å². The van der Waals surface area contributed by atoms with Crippen molar-refractivity contribution in [2.24, 2.45) is 0 Å². The van der Waals surface area contributed by atoms with E-state index in [-0.39, 0.29) is 0 Å². The first-order valence-corrected chi connectivity index (χ1v) is 7.03. The van der Waals surface area contributed by atoms with Gasteiger partial charge in [-0.25, -0.2) is 4.98 Å². The lowest BCUT2D eigenvalue weighted by atomic mass is 10.2. The Balaban J connectivity index is 1.94. The number of imidazole rings is 1. The van der Waals surface area contributed by atoms with Gasteiger partial charge in [0.2, 0.25) is 0 Å². The van der Waals surface area contributed by atoms with Crippen molar-refractivity contribution in [2.75, 3.05) is 6.54 Å². The summed E-state index contributed by atoms with van der Waals surface area (Å²) in [7, 11) is 0. The van der Waals surface area contributed by atoms with Crippen LogP contribution in [0.2, 0.25) is 0 Å². The van der Waals surface area contributed by atoms with Crippen molar-refractivity contribution < 1.29 is 0 Å². The molecule has 3 nitrogen and oxygen atoms in total. The van der Waals surface area contributed by atoms with E-state index in [1.165, 1.54) is 5.56 Å². The van der Waals surface area contributed by atoms with Crippen molar-refractivity contribution in [3.63, 3.8) is 0 Å². The van der Waals surface area contributed by atoms with Crippen LogP contribution in [0.5, 0.6) is 0 Å². The summed E-state index contributed by atoms with van der Waals surface area (Å²) in [5, 5.41) is 3.35. The molecule has 0 aliphatic rings. The van der Waals surface area contributed by atoms with Gasteiger partial charge in [0, 0.05) is 23.8 Å². The molecule has 1 N–H and O–H groups in total. The Bertz CT molecular complexity index is 493. The van der Waals surface area contributed by atoms with E-state index < -0.39 is 0 Å². The third kappa shape index (κ3) is 3.96. The van der Waals surface area contributed by atoms with Gasteiger partial charge in [-0.1, -0.05) is 35.0 Å². The van der Waals surface area contributed by atoms with Crippen LogP contribution in [0, 0.1) is 0 Å². The van der Waals surface area contributed by atoms with Crippen molar-refractivity contribution >= 4 is 15.9 Å². The lowest BCUT2D eigenvalue weighted by molar-refractivity contribution is 0.665. The molecule has 2 aromatic rings. The molecule has 0 unspecified atom stereocenters. The molecule has 2 rings (SSSR count). The third-order valence-electron chi connectivity index (χ3n) is 2.67. The van der Waals surface area contributed by atoms with Crippen LogP contribution in [0.25, 0.3) is 0 Å². The normalized spacial score (nSPS) is 10.8. The van der Waals surface area contributed by atoms with Crippen molar-refractivity contribution in [1.29, 1.82) is 0 Å². The van der Waals surface area contributed by atoms with Crippen molar-refractivity contribution in [3.8, 4) is 0 Å². The fraction of sp³-hybridized carbons (Fsp3) is 0.357. The smallest absolute Gasteiger partial charge is 0.0953 e. The summed E-state index contributed by atoms with van der Waals surface area (Å²) < 4.78 is 3.23. The predicted molar refractivity (Wildman–Crippen MR) is 77.5 cm³/mol. The van der Waals surface area contributed by atoms with E-state index in [0.29, 0.717) is 0 Å². The van der Waals surface area contributed by atoms with Gasteiger partial charge in [0.15, 0.2) is 0 Å². The molecule has 1 aromatic heterocycles. The molecule has 0 aliphatic carbocycles. The summed E-state index contributed by atoms with van der Waals surface area (Å²) in [4.78, 5) is 4.40. The molecule has 0 saturated heterocycles. The molecule has 0 amide bonds. The second-order valence-electron chi connectivity index (χ2n) is 4.34.